The highest BCUT2D eigenvalue weighted by molar-refractivity contribution is 5.82. The van der Waals surface area contributed by atoms with Crippen LogP contribution in [0.2, 0.25) is 0 Å². The van der Waals surface area contributed by atoms with Gasteiger partial charge in [0.2, 0.25) is 5.91 Å². The van der Waals surface area contributed by atoms with E-state index in [1.54, 1.807) is 12.4 Å². The van der Waals surface area contributed by atoms with Crippen LogP contribution in [0.4, 0.5) is 0 Å². The summed E-state index contributed by atoms with van der Waals surface area (Å²) in [4.78, 5) is 16.4. The molecule has 0 saturated carbocycles. The summed E-state index contributed by atoms with van der Waals surface area (Å²) in [6, 6.07) is 11.9. The topological polar surface area (TPSA) is 54.0 Å². The molecule has 21 heavy (non-hydrogen) atoms. The van der Waals surface area contributed by atoms with E-state index in [0.717, 1.165) is 18.5 Å². The summed E-state index contributed by atoms with van der Waals surface area (Å²) in [6.45, 7) is 2.74. The lowest BCUT2D eigenvalue weighted by Crippen LogP contribution is -2.48. The van der Waals surface area contributed by atoms with Gasteiger partial charge in [0.05, 0.1) is 12.1 Å². The Morgan fingerprint density at radius 3 is 2.71 bits per heavy atom. The van der Waals surface area contributed by atoms with Crippen LogP contribution in [0, 0.1) is 0 Å². The Bertz CT molecular complexity index is 627. The average Bonchev–Trinajstić information content (AvgIpc) is 2.55. The molecule has 2 atom stereocenters. The van der Waals surface area contributed by atoms with Crippen molar-refractivity contribution in [3.05, 3.63) is 65.5 Å². The molecule has 0 saturated heterocycles. The number of pyridine rings is 1. The Kier molecular flexibility index (Phi) is 3.97. The van der Waals surface area contributed by atoms with Crippen molar-refractivity contribution in [1.82, 2.24) is 15.6 Å². The van der Waals surface area contributed by atoms with E-state index in [9.17, 15) is 4.79 Å². The van der Waals surface area contributed by atoms with E-state index in [-0.39, 0.29) is 18.0 Å². The van der Waals surface area contributed by atoms with Crippen LogP contribution in [0.25, 0.3) is 0 Å². The SMILES string of the molecule is CC(NC(=O)C1Cc2ccccc2CN1)c1ccncc1. The zero-order valence-corrected chi connectivity index (χ0v) is 12.0. The van der Waals surface area contributed by atoms with Crippen LogP contribution >= 0.6 is 0 Å². The molecule has 2 unspecified atom stereocenters. The number of amides is 1. The van der Waals surface area contributed by atoms with Crippen LogP contribution in [0.3, 0.4) is 0 Å². The van der Waals surface area contributed by atoms with E-state index in [1.807, 2.05) is 31.2 Å². The van der Waals surface area contributed by atoms with Gasteiger partial charge in [0.25, 0.3) is 0 Å². The van der Waals surface area contributed by atoms with E-state index in [4.69, 9.17) is 0 Å². The second-order valence-corrected chi connectivity index (χ2v) is 5.42. The first kappa shape index (κ1) is 13.8. The second kappa shape index (κ2) is 6.06. The number of benzene rings is 1. The van der Waals surface area contributed by atoms with Gasteiger partial charge in [-0.1, -0.05) is 24.3 Å². The highest BCUT2D eigenvalue weighted by Gasteiger charge is 2.24. The van der Waals surface area contributed by atoms with Crippen LogP contribution in [0.15, 0.2) is 48.8 Å². The molecule has 2 heterocycles. The van der Waals surface area contributed by atoms with Gasteiger partial charge in [0.15, 0.2) is 0 Å². The van der Waals surface area contributed by atoms with Gasteiger partial charge in [-0.25, -0.2) is 0 Å². The number of rotatable bonds is 3. The average molecular weight is 281 g/mol. The number of carbonyl (C=O) groups excluding carboxylic acids is 1. The van der Waals surface area contributed by atoms with Crippen LogP contribution in [0.5, 0.6) is 0 Å². The van der Waals surface area contributed by atoms with Crippen LogP contribution in [0.1, 0.15) is 29.7 Å². The number of fused-ring (bicyclic) bond motifs is 1. The van der Waals surface area contributed by atoms with Gasteiger partial charge in [-0.15, -0.1) is 0 Å². The Balaban J connectivity index is 1.65. The van der Waals surface area contributed by atoms with Gasteiger partial charge >= 0.3 is 0 Å². The fourth-order valence-corrected chi connectivity index (χ4v) is 2.69. The molecule has 3 rings (SSSR count). The second-order valence-electron chi connectivity index (χ2n) is 5.42. The van der Waals surface area contributed by atoms with Crippen LogP contribution in [-0.2, 0) is 17.8 Å². The highest BCUT2D eigenvalue weighted by Crippen LogP contribution is 2.17. The fraction of sp³-hybridized carbons (Fsp3) is 0.294. The number of hydrogen-bond donors (Lipinski definition) is 2. The summed E-state index contributed by atoms with van der Waals surface area (Å²) in [7, 11) is 0. The number of nitrogens with one attached hydrogen (secondary N) is 2. The van der Waals surface area contributed by atoms with Crippen molar-refractivity contribution < 1.29 is 4.79 Å². The van der Waals surface area contributed by atoms with E-state index < -0.39 is 0 Å². The summed E-state index contributed by atoms with van der Waals surface area (Å²) in [5.41, 5.74) is 3.60. The molecule has 1 amide bonds. The summed E-state index contributed by atoms with van der Waals surface area (Å²) in [5.74, 6) is 0.0498. The van der Waals surface area contributed by atoms with Gasteiger partial charge in [-0.05, 0) is 42.2 Å². The Hall–Kier alpha value is -2.20. The Morgan fingerprint density at radius 2 is 1.95 bits per heavy atom. The quantitative estimate of drug-likeness (QED) is 0.904. The minimum atomic E-state index is -0.163. The predicted molar refractivity (Wildman–Crippen MR) is 81.6 cm³/mol. The van der Waals surface area contributed by atoms with Gasteiger partial charge in [0, 0.05) is 18.9 Å². The molecule has 0 bridgehead atoms. The summed E-state index contributed by atoms with van der Waals surface area (Å²) < 4.78 is 0. The van der Waals surface area contributed by atoms with Gasteiger partial charge in [-0.3, -0.25) is 9.78 Å². The molecule has 0 aliphatic carbocycles. The molecule has 1 aliphatic heterocycles. The first-order chi connectivity index (χ1) is 10.2. The Morgan fingerprint density at radius 1 is 1.24 bits per heavy atom. The fourth-order valence-electron chi connectivity index (χ4n) is 2.69. The standard InChI is InChI=1S/C17H19N3O/c1-12(13-6-8-18-9-7-13)20-17(21)16-10-14-4-2-3-5-15(14)11-19-16/h2-9,12,16,19H,10-11H2,1H3,(H,20,21). The summed E-state index contributed by atoms with van der Waals surface area (Å²) in [5, 5.41) is 6.37. The van der Waals surface area contributed by atoms with E-state index in [2.05, 4.69) is 27.8 Å². The maximum atomic E-state index is 12.4. The van der Waals surface area contributed by atoms with Gasteiger partial charge < -0.3 is 10.6 Å². The summed E-state index contributed by atoms with van der Waals surface area (Å²) >= 11 is 0. The molecule has 0 fully saturated rings. The van der Waals surface area contributed by atoms with Crippen molar-refractivity contribution in [2.75, 3.05) is 0 Å². The molecule has 4 heteroatoms. The van der Waals surface area contributed by atoms with Crippen LogP contribution < -0.4 is 10.6 Å². The molecular weight excluding hydrogens is 262 g/mol. The van der Waals surface area contributed by atoms with Crippen molar-refractivity contribution in [1.29, 1.82) is 0 Å². The lowest BCUT2D eigenvalue weighted by atomic mass is 9.95. The van der Waals surface area contributed by atoms with Crippen molar-refractivity contribution in [2.24, 2.45) is 0 Å². The molecule has 0 radical (unpaired) electrons. The molecular formula is C17H19N3O. The molecule has 108 valence electrons. The van der Waals surface area contributed by atoms with Crippen molar-refractivity contribution in [2.45, 2.75) is 32.0 Å². The first-order valence-electron chi connectivity index (χ1n) is 7.24. The normalized spacial score (nSPS) is 18.6. The Labute approximate surface area is 124 Å². The largest absolute Gasteiger partial charge is 0.348 e. The van der Waals surface area contributed by atoms with Crippen molar-refractivity contribution in [3.63, 3.8) is 0 Å². The molecule has 2 aromatic rings. The summed E-state index contributed by atoms with van der Waals surface area (Å²) in [6.07, 6.45) is 4.23. The zero-order chi connectivity index (χ0) is 14.7. The molecule has 2 N–H and O–H groups in total. The molecule has 1 aromatic heterocycles. The molecule has 1 aromatic carbocycles. The van der Waals surface area contributed by atoms with Crippen molar-refractivity contribution in [3.8, 4) is 0 Å². The number of aromatic nitrogens is 1. The lowest BCUT2D eigenvalue weighted by Gasteiger charge is -2.26. The molecule has 1 aliphatic rings. The smallest absolute Gasteiger partial charge is 0.237 e. The maximum absolute atomic E-state index is 12.4. The number of hydrogen-bond acceptors (Lipinski definition) is 3. The predicted octanol–water partition coefficient (Wildman–Crippen LogP) is 1.97. The monoisotopic (exact) mass is 281 g/mol. The van der Waals surface area contributed by atoms with Crippen LogP contribution in [-0.4, -0.2) is 16.9 Å². The van der Waals surface area contributed by atoms with E-state index in [1.165, 1.54) is 11.1 Å². The zero-order valence-electron chi connectivity index (χ0n) is 12.0. The van der Waals surface area contributed by atoms with Gasteiger partial charge in [-0.2, -0.15) is 0 Å². The number of nitrogens with zero attached hydrogens (tertiary/aromatic N) is 1. The minimum Gasteiger partial charge on any atom is -0.348 e. The molecule has 0 spiro atoms. The third kappa shape index (κ3) is 3.11. The number of carbonyl (C=O) groups is 1. The maximum Gasteiger partial charge on any atom is 0.237 e. The van der Waals surface area contributed by atoms with E-state index >= 15 is 0 Å². The van der Waals surface area contributed by atoms with Gasteiger partial charge in [0.1, 0.15) is 0 Å². The first-order valence-corrected chi connectivity index (χ1v) is 7.24. The third-order valence-electron chi connectivity index (χ3n) is 3.96. The lowest BCUT2D eigenvalue weighted by molar-refractivity contribution is -0.124. The van der Waals surface area contributed by atoms with Crippen molar-refractivity contribution >= 4 is 5.91 Å². The highest BCUT2D eigenvalue weighted by atomic mass is 16.2. The third-order valence-corrected chi connectivity index (χ3v) is 3.96. The minimum absolute atomic E-state index is 0.0144. The molecule has 4 nitrogen and oxygen atoms in total. The van der Waals surface area contributed by atoms with E-state index in [0.29, 0.717) is 0 Å².